The van der Waals surface area contributed by atoms with Crippen molar-refractivity contribution in [1.82, 2.24) is 10.6 Å². The molecule has 0 saturated carbocycles. The van der Waals surface area contributed by atoms with Gasteiger partial charge < -0.3 is 25.6 Å². The monoisotopic (exact) mass is 795 g/mol. The molecule has 0 saturated heterocycles. The number of carbonyl (C=O) groups is 4. The highest BCUT2D eigenvalue weighted by Crippen LogP contribution is 2.19. The number of carbonyl (C=O) groups excluding carboxylic acids is 3. The lowest BCUT2D eigenvalue weighted by molar-refractivity contribution is -0.150. The van der Waals surface area contributed by atoms with Gasteiger partial charge in [-0.3, -0.25) is 14.4 Å². The molecule has 0 aliphatic rings. The van der Waals surface area contributed by atoms with Gasteiger partial charge in [-0.15, -0.1) is 0 Å². The molecule has 9 heteroatoms. The van der Waals surface area contributed by atoms with E-state index < -0.39 is 24.5 Å². The fraction of sp³-hybridized carbons (Fsp3) is 0.915. The number of unbranched alkanes of at least 4 members (excludes halogenated alkanes) is 30. The van der Waals surface area contributed by atoms with Crippen LogP contribution in [0.5, 0.6) is 0 Å². The topological polar surface area (TPSA) is 142 Å². The molecule has 0 aromatic rings. The molecule has 2 unspecified atom stereocenters. The summed E-state index contributed by atoms with van der Waals surface area (Å²) in [6, 6.07) is -1.38. The normalized spacial score (nSPS) is 12.3. The lowest BCUT2D eigenvalue weighted by Crippen LogP contribution is -2.47. The van der Waals surface area contributed by atoms with Crippen molar-refractivity contribution in [1.29, 1.82) is 0 Å². The van der Waals surface area contributed by atoms with Crippen LogP contribution in [0.1, 0.15) is 251 Å². The molecule has 0 aliphatic heterocycles. The lowest BCUT2D eigenvalue weighted by atomic mass is 10.0. The number of aliphatic hydroxyl groups is 1. The summed E-state index contributed by atoms with van der Waals surface area (Å²) in [4.78, 5) is 47.5. The number of aliphatic carboxylic acids is 1. The van der Waals surface area contributed by atoms with Gasteiger partial charge in [0.1, 0.15) is 12.1 Å². The van der Waals surface area contributed by atoms with Crippen LogP contribution in [0.15, 0.2) is 0 Å². The second-order valence-electron chi connectivity index (χ2n) is 16.6. The van der Waals surface area contributed by atoms with Gasteiger partial charge >= 0.3 is 11.9 Å². The van der Waals surface area contributed by atoms with E-state index >= 15 is 0 Å². The summed E-state index contributed by atoms with van der Waals surface area (Å²) >= 11 is 0. The van der Waals surface area contributed by atoms with Crippen LogP contribution in [-0.4, -0.2) is 59.3 Å². The Morgan fingerprint density at radius 3 is 1.16 bits per heavy atom. The first-order chi connectivity index (χ1) is 27.3. The van der Waals surface area contributed by atoms with Gasteiger partial charge in [-0.05, 0) is 38.5 Å². The number of hydrogen-bond acceptors (Lipinski definition) is 6. The minimum absolute atomic E-state index is 0.00321. The van der Waals surface area contributed by atoms with E-state index in [4.69, 9.17) is 14.9 Å². The minimum atomic E-state index is -1.38. The molecule has 330 valence electrons. The summed E-state index contributed by atoms with van der Waals surface area (Å²) in [6.07, 6.45) is 44.4. The third-order valence-corrected chi connectivity index (χ3v) is 11.1. The van der Waals surface area contributed by atoms with Gasteiger partial charge in [0.25, 0.3) is 0 Å². The molecular weight excluding hydrogens is 705 g/mol. The van der Waals surface area contributed by atoms with E-state index in [0.29, 0.717) is 19.3 Å². The number of carboxylic acid groups (broad SMARTS) is 1. The van der Waals surface area contributed by atoms with Crippen molar-refractivity contribution in [3.63, 3.8) is 0 Å². The molecule has 0 heterocycles. The molecule has 56 heavy (non-hydrogen) atoms. The number of nitrogens with one attached hydrogen (secondary N) is 2. The van der Waals surface area contributed by atoms with Gasteiger partial charge in [0.05, 0.1) is 13.2 Å². The molecule has 9 nitrogen and oxygen atoms in total. The highest BCUT2D eigenvalue weighted by atomic mass is 16.5. The molecule has 0 aliphatic carbocycles. The largest absolute Gasteiger partial charge is 0.480 e. The summed E-state index contributed by atoms with van der Waals surface area (Å²) in [5.41, 5.74) is 0. The van der Waals surface area contributed by atoms with Crippen LogP contribution in [-0.2, 0) is 23.9 Å². The highest BCUT2D eigenvalue weighted by Gasteiger charge is 2.19. The zero-order valence-corrected chi connectivity index (χ0v) is 36.7. The van der Waals surface area contributed by atoms with Gasteiger partial charge in [-0.1, -0.05) is 200 Å². The fourth-order valence-electron chi connectivity index (χ4n) is 7.42. The Kier molecular flexibility index (Phi) is 40.8. The molecule has 0 aromatic heterocycles. The van der Waals surface area contributed by atoms with E-state index in [9.17, 15) is 19.2 Å². The van der Waals surface area contributed by atoms with E-state index in [0.717, 1.165) is 57.8 Å². The summed E-state index contributed by atoms with van der Waals surface area (Å²) < 4.78 is 6.02. The highest BCUT2D eigenvalue weighted by molar-refractivity contribution is 5.87. The molecular formula is C47H90N2O7. The molecule has 0 spiro atoms. The van der Waals surface area contributed by atoms with Crippen LogP contribution in [0, 0.1) is 0 Å². The molecule has 0 aromatic carbocycles. The number of aliphatic hydroxyl groups excluding tert-OH is 1. The van der Waals surface area contributed by atoms with Crippen LogP contribution in [0.4, 0.5) is 0 Å². The first-order valence-electron chi connectivity index (χ1n) is 23.9. The number of esters is 1. The molecule has 0 radical (unpaired) electrons. The van der Waals surface area contributed by atoms with E-state index in [1.807, 2.05) is 0 Å². The average molecular weight is 795 g/mol. The van der Waals surface area contributed by atoms with Gasteiger partial charge in [0.15, 0.2) is 0 Å². The Labute approximate surface area is 344 Å². The summed E-state index contributed by atoms with van der Waals surface area (Å²) in [5, 5.41) is 22.5. The van der Waals surface area contributed by atoms with Gasteiger partial charge in [-0.25, -0.2) is 4.79 Å². The van der Waals surface area contributed by atoms with Crippen LogP contribution < -0.4 is 10.6 Å². The van der Waals surface area contributed by atoms with E-state index in [-0.39, 0.29) is 24.5 Å². The summed E-state index contributed by atoms with van der Waals surface area (Å²) in [5.74, 6) is -2.27. The Morgan fingerprint density at radius 1 is 0.464 bits per heavy atom. The first kappa shape index (κ1) is 53.8. The third kappa shape index (κ3) is 38.7. The predicted molar refractivity (Wildman–Crippen MR) is 232 cm³/mol. The molecule has 4 N–H and O–H groups in total. The smallest absolute Gasteiger partial charge is 0.328 e. The number of hydrogen-bond donors (Lipinski definition) is 4. The second kappa shape index (κ2) is 42.4. The van der Waals surface area contributed by atoms with Crippen molar-refractivity contribution >= 4 is 23.8 Å². The average Bonchev–Trinajstić information content (AvgIpc) is 3.18. The van der Waals surface area contributed by atoms with Crippen molar-refractivity contribution < 1.29 is 34.1 Å². The zero-order chi connectivity index (χ0) is 41.2. The fourth-order valence-corrected chi connectivity index (χ4v) is 7.42. The van der Waals surface area contributed by atoms with Crippen LogP contribution >= 0.6 is 0 Å². The maximum absolute atomic E-state index is 12.8. The lowest BCUT2D eigenvalue weighted by Gasteiger charge is -2.18. The van der Waals surface area contributed by atoms with Gasteiger partial charge in [0.2, 0.25) is 11.8 Å². The first-order valence-corrected chi connectivity index (χ1v) is 23.9. The summed E-state index contributed by atoms with van der Waals surface area (Å²) in [6.45, 7) is 3.50. The zero-order valence-electron chi connectivity index (χ0n) is 36.7. The van der Waals surface area contributed by atoms with Crippen molar-refractivity contribution in [2.45, 2.75) is 264 Å². The molecule has 0 rings (SSSR count). The predicted octanol–water partition coefficient (Wildman–Crippen LogP) is 12.0. The number of ether oxygens (including phenoxy) is 1. The Bertz CT molecular complexity index is 915. The number of carboxylic acids is 1. The Balaban J connectivity index is 4.00. The van der Waals surface area contributed by atoms with Crippen molar-refractivity contribution in [3.05, 3.63) is 0 Å². The van der Waals surface area contributed by atoms with Crippen molar-refractivity contribution in [3.8, 4) is 0 Å². The van der Waals surface area contributed by atoms with Crippen molar-refractivity contribution in [2.75, 3.05) is 13.2 Å². The van der Waals surface area contributed by atoms with Gasteiger partial charge in [0, 0.05) is 12.8 Å². The Morgan fingerprint density at radius 2 is 0.804 bits per heavy atom. The molecule has 0 fully saturated rings. The van der Waals surface area contributed by atoms with Crippen LogP contribution in [0.3, 0.4) is 0 Å². The second-order valence-corrected chi connectivity index (χ2v) is 16.6. The summed E-state index contributed by atoms with van der Waals surface area (Å²) in [7, 11) is 0. The van der Waals surface area contributed by atoms with E-state index in [1.165, 1.54) is 161 Å². The van der Waals surface area contributed by atoms with Crippen LogP contribution in [0.2, 0.25) is 0 Å². The minimum Gasteiger partial charge on any atom is -0.480 e. The molecule has 2 atom stereocenters. The van der Waals surface area contributed by atoms with Crippen molar-refractivity contribution in [2.24, 2.45) is 0 Å². The quantitative estimate of drug-likeness (QED) is 0.0355. The number of rotatable bonds is 44. The third-order valence-electron chi connectivity index (χ3n) is 11.1. The molecule has 0 bridgehead atoms. The Hall–Kier alpha value is -2.16. The van der Waals surface area contributed by atoms with E-state index in [1.54, 1.807) is 0 Å². The maximum atomic E-state index is 12.8. The van der Waals surface area contributed by atoms with Crippen LogP contribution in [0.25, 0.3) is 0 Å². The van der Waals surface area contributed by atoms with E-state index in [2.05, 4.69) is 24.5 Å². The SMILES string of the molecule is CCCCCCCCCCCCCCCCCCCCCCCC(=O)OC(CCCCCCCCC)CCCCCCCC(=O)NCC(=O)NC(CO)C(=O)O. The standard InChI is InChI=1S/C47H90N2O7/c1-3-5-7-9-11-12-13-14-15-16-17-18-19-20-21-22-23-24-26-31-35-39-46(53)56-42(36-32-28-25-10-8-6-4-2)37-33-29-27-30-34-38-44(51)48-40-45(52)49-43(41-50)47(54)55/h42-43,50H,3-41H2,1-2H3,(H,48,51)(H,49,52)(H,54,55). The maximum Gasteiger partial charge on any atom is 0.328 e. The molecule has 2 amide bonds. The van der Waals surface area contributed by atoms with Gasteiger partial charge in [-0.2, -0.15) is 0 Å². The number of amides is 2.